The molecule has 1 aromatic rings. The van der Waals surface area contributed by atoms with Crippen LogP contribution >= 0.6 is 0 Å². The highest BCUT2D eigenvalue weighted by Crippen LogP contribution is 2.06. The number of benzene rings is 1. The van der Waals surface area contributed by atoms with Crippen molar-refractivity contribution in [3.05, 3.63) is 35.9 Å². The van der Waals surface area contributed by atoms with E-state index in [1.165, 1.54) is 0 Å². The van der Waals surface area contributed by atoms with Crippen molar-refractivity contribution >= 4 is 23.8 Å². The van der Waals surface area contributed by atoms with Crippen molar-refractivity contribution in [2.75, 3.05) is 6.54 Å². The maximum atomic E-state index is 12.4. The Labute approximate surface area is 170 Å². The zero-order valence-electron chi connectivity index (χ0n) is 16.9. The summed E-state index contributed by atoms with van der Waals surface area (Å²) < 4.78 is 0. The molecule has 0 aliphatic rings. The van der Waals surface area contributed by atoms with Gasteiger partial charge in [-0.3, -0.25) is 24.9 Å². The molecule has 0 aliphatic carbocycles. The fourth-order valence-electron chi connectivity index (χ4n) is 2.64. The van der Waals surface area contributed by atoms with Crippen LogP contribution < -0.4 is 21.4 Å². The van der Waals surface area contributed by atoms with Gasteiger partial charge >= 0.3 is 6.03 Å². The van der Waals surface area contributed by atoms with Crippen molar-refractivity contribution in [3.8, 4) is 0 Å². The molecule has 0 bridgehead atoms. The average Bonchev–Trinajstić information content (AvgIpc) is 2.69. The third-order valence-electron chi connectivity index (χ3n) is 4.10. The van der Waals surface area contributed by atoms with Crippen molar-refractivity contribution in [1.29, 1.82) is 0 Å². The predicted octanol–water partition coefficient (Wildman–Crippen LogP) is 1.72. The molecule has 5 N–H and O–H groups in total. The molecule has 0 saturated heterocycles. The first kappa shape index (κ1) is 24.1. The van der Waals surface area contributed by atoms with E-state index in [0.29, 0.717) is 37.8 Å². The molecule has 9 heteroatoms. The van der Waals surface area contributed by atoms with E-state index in [0.717, 1.165) is 0 Å². The van der Waals surface area contributed by atoms with Gasteiger partial charge in [-0.2, -0.15) is 0 Å². The number of carbonyl (C=O) groups is 4. The standard InChI is InChI=1S/C20H30N4O5/c1-14(2)13-16(19(27)21-12-8-4-7-11-17(25)24-29)22-20(28)23-18(26)15-9-5-3-6-10-15/h3,5-6,9-10,14,16,29H,4,7-8,11-13H2,1-2H3,(H,21,27)(H,24,25)(H2,22,23,26,28). The van der Waals surface area contributed by atoms with Crippen molar-refractivity contribution in [2.45, 2.75) is 52.0 Å². The van der Waals surface area contributed by atoms with Gasteiger partial charge in [-0.05, 0) is 37.3 Å². The molecular weight excluding hydrogens is 376 g/mol. The Hall–Kier alpha value is -2.94. The van der Waals surface area contributed by atoms with Gasteiger partial charge in [-0.1, -0.05) is 38.5 Å². The van der Waals surface area contributed by atoms with Crippen molar-refractivity contribution in [3.63, 3.8) is 0 Å². The first-order valence-corrected chi connectivity index (χ1v) is 9.71. The van der Waals surface area contributed by atoms with Crippen LogP contribution in [0, 0.1) is 5.92 Å². The van der Waals surface area contributed by atoms with Gasteiger partial charge in [0.15, 0.2) is 0 Å². The van der Waals surface area contributed by atoms with Gasteiger partial charge in [0.2, 0.25) is 11.8 Å². The zero-order chi connectivity index (χ0) is 21.6. The minimum atomic E-state index is -0.765. The fraction of sp³-hybridized carbons (Fsp3) is 0.500. The molecule has 0 radical (unpaired) electrons. The number of imide groups is 1. The van der Waals surface area contributed by atoms with Gasteiger partial charge in [-0.15, -0.1) is 0 Å². The van der Waals surface area contributed by atoms with Crippen LogP contribution in [-0.4, -0.2) is 41.5 Å². The molecule has 0 aliphatic heterocycles. The predicted molar refractivity (Wildman–Crippen MR) is 107 cm³/mol. The highest BCUT2D eigenvalue weighted by atomic mass is 16.5. The second-order valence-electron chi connectivity index (χ2n) is 7.11. The smallest absolute Gasteiger partial charge is 0.322 e. The fourth-order valence-corrected chi connectivity index (χ4v) is 2.64. The number of unbranched alkanes of at least 4 members (excludes halogenated alkanes) is 2. The highest BCUT2D eigenvalue weighted by Gasteiger charge is 2.22. The maximum Gasteiger partial charge on any atom is 0.322 e. The molecule has 160 valence electrons. The number of hydroxylamine groups is 1. The van der Waals surface area contributed by atoms with E-state index < -0.39 is 23.9 Å². The molecule has 0 aromatic heterocycles. The average molecular weight is 406 g/mol. The van der Waals surface area contributed by atoms with E-state index in [1.54, 1.807) is 35.8 Å². The summed E-state index contributed by atoms with van der Waals surface area (Å²) in [6.45, 7) is 4.27. The quantitative estimate of drug-likeness (QED) is 0.216. The van der Waals surface area contributed by atoms with Crippen LogP contribution in [0.5, 0.6) is 0 Å². The lowest BCUT2D eigenvalue weighted by Crippen LogP contribution is -2.51. The van der Waals surface area contributed by atoms with E-state index in [-0.39, 0.29) is 18.2 Å². The van der Waals surface area contributed by atoms with Gasteiger partial charge in [0.1, 0.15) is 6.04 Å². The van der Waals surface area contributed by atoms with Crippen LogP contribution in [0.25, 0.3) is 0 Å². The number of hydrogen-bond donors (Lipinski definition) is 5. The van der Waals surface area contributed by atoms with Gasteiger partial charge in [0.05, 0.1) is 0 Å². The maximum absolute atomic E-state index is 12.4. The molecule has 9 nitrogen and oxygen atoms in total. The summed E-state index contributed by atoms with van der Waals surface area (Å²) in [7, 11) is 0. The van der Waals surface area contributed by atoms with E-state index >= 15 is 0 Å². The van der Waals surface area contributed by atoms with Crippen LogP contribution in [0.15, 0.2) is 30.3 Å². The number of urea groups is 1. The van der Waals surface area contributed by atoms with Crippen molar-refractivity contribution < 1.29 is 24.4 Å². The van der Waals surface area contributed by atoms with Crippen molar-refractivity contribution in [1.82, 2.24) is 21.4 Å². The Kier molecular flexibility index (Phi) is 11.0. The largest absolute Gasteiger partial charge is 0.354 e. The summed E-state index contributed by atoms with van der Waals surface area (Å²) in [5, 5.41) is 16.0. The van der Waals surface area contributed by atoms with Crippen LogP contribution in [0.3, 0.4) is 0 Å². The Balaban J connectivity index is 2.45. The van der Waals surface area contributed by atoms with E-state index in [1.807, 2.05) is 13.8 Å². The number of carbonyl (C=O) groups excluding carboxylic acids is 4. The van der Waals surface area contributed by atoms with Crippen molar-refractivity contribution in [2.24, 2.45) is 5.92 Å². The molecule has 1 aromatic carbocycles. The molecule has 1 unspecified atom stereocenters. The third-order valence-corrected chi connectivity index (χ3v) is 4.10. The summed E-state index contributed by atoms with van der Waals surface area (Å²) in [5.74, 6) is -1.15. The number of amides is 5. The van der Waals surface area contributed by atoms with Gasteiger partial charge in [0, 0.05) is 18.5 Å². The second kappa shape index (κ2) is 13.3. The molecule has 5 amide bonds. The third kappa shape index (κ3) is 10.2. The first-order valence-electron chi connectivity index (χ1n) is 9.71. The Morgan fingerprint density at radius 3 is 2.31 bits per heavy atom. The Morgan fingerprint density at radius 1 is 1.00 bits per heavy atom. The lowest BCUT2D eigenvalue weighted by molar-refractivity contribution is -0.129. The monoisotopic (exact) mass is 406 g/mol. The summed E-state index contributed by atoms with van der Waals surface area (Å²) >= 11 is 0. The lowest BCUT2D eigenvalue weighted by atomic mass is 10.0. The van der Waals surface area contributed by atoms with Crippen LogP contribution in [0.4, 0.5) is 4.79 Å². The van der Waals surface area contributed by atoms with Crippen LogP contribution in [-0.2, 0) is 9.59 Å². The molecular formula is C20H30N4O5. The Morgan fingerprint density at radius 2 is 1.69 bits per heavy atom. The lowest BCUT2D eigenvalue weighted by Gasteiger charge is -2.20. The topological polar surface area (TPSA) is 137 Å². The normalized spacial score (nSPS) is 11.4. The van der Waals surface area contributed by atoms with Crippen LogP contribution in [0.2, 0.25) is 0 Å². The molecule has 0 saturated carbocycles. The molecule has 1 atom stereocenters. The van der Waals surface area contributed by atoms with E-state index in [9.17, 15) is 19.2 Å². The SMILES string of the molecule is CC(C)CC(NC(=O)NC(=O)c1ccccc1)C(=O)NCCCCCC(=O)NO. The zero-order valence-corrected chi connectivity index (χ0v) is 16.9. The highest BCUT2D eigenvalue weighted by molar-refractivity contribution is 6.04. The van der Waals surface area contributed by atoms with Gasteiger partial charge in [0.25, 0.3) is 5.91 Å². The molecule has 0 spiro atoms. The summed E-state index contributed by atoms with van der Waals surface area (Å²) in [5.41, 5.74) is 1.92. The summed E-state index contributed by atoms with van der Waals surface area (Å²) in [6.07, 6.45) is 2.62. The summed E-state index contributed by atoms with van der Waals surface area (Å²) in [6, 6.07) is 6.83. The minimum Gasteiger partial charge on any atom is -0.354 e. The van der Waals surface area contributed by atoms with Gasteiger partial charge < -0.3 is 10.6 Å². The molecule has 1 rings (SSSR count). The number of hydrogen-bond acceptors (Lipinski definition) is 5. The number of nitrogens with one attached hydrogen (secondary N) is 4. The van der Waals surface area contributed by atoms with E-state index in [2.05, 4.69) is 16.0 Å². The number of rotatable bonds is 11. The Bertz CT molecular complexity index is 679. The summed E-state index contributed by atoms with van der Waals surface area (Å²) in [4.78, 5) is 47.5. The molecule has 0 heterocycles. The van der Waals surface area contributed by atoms with E-state index in [4.69, 9.17) is 5.21 Å². The first-order chi connectivity index (χ1) is 13.8. The second-order valence-corrected chi connectivity index (χ2v) is 7.11. The molecule has 0 fully saturated rings. The van der Waals surface area contributed by atoms with Gasteiger partial charge in [-0.25, -0.2) is 10.3 Å². The minimum absolute atomic E-state index is 0.160. The molecule has 29 heavy (non-hydrogen) atoms. The van der Waals surface area contributed by atoms with Crippen LogP contribution in [0.1, 0.15) is 56.3 Å².